The molecule has 2 aliphatic rings. The normalized spacial score (nSPS) is 26.3. The van der Waals surface area contributed by atoms with Crippen LogP contribution in [0.15, 0.2) is 42.5 Å². The number of hydrogen-bond acceptors (Lipinski definition) is 3. The van der Waals surface area contributed by atoms with Crippen LogP contribution in [0.4, 0.5) is 0 Å². The molecule has 1 aliphatic carbocycles. The van der Waals surface area contributed by atoms with Crippen LogP contribution in [0.1, 0.15) is 42.1 Å². The second-order valence-electron chi connectivity index (χ2n) is 7.65. The molecule has 1 saturated heterocycles. The van der Waals surface area contributed by atoms with Gasteiger partial charge in [0.25, 0.3) is 0 Å². The van der Waals surface area contributed by atoms with Gasteiger partial charge < -0.3 is 10.5 Å². The quantitative estimate of drug-likeness (QED) is 0.864. The summed E-state index contributed by atoms with van der Waals surface area (Å²) < 4.78 is 6.58. The monoisotopic (exact) mass is 370 g/mol. The van der Waals surface area contributed by atoms with Crippen molar-refractivity contribution in [3.05, 3.63) is 64.2 Å². The van der Waals surface area contributed by atoms with Crippen molar-refractivity contribution in [3.63, 3.8) is 0 Å². The van der Waals surface area contributed by atoms with Crippen LogP contribution in [0.25, 0.3) is 0 Å². The summed E-state index contributed by atoms with van der Waals surface area (Å²) in [5, 5.41) is 0.778. The summed E-state index contributed by atoms with van der Waals surface area (Å²) in [6, 6.07) is 15.3. The summed E-state index contributed by atoms with van der Waals surface area (Å²) in [4.78, 5) is 2.55. The average molecular weight is 371 g/mol. The minimum atomic E-state index is 0.0332. The molecule has 2 aromatic rings. The largest absolute Gasteiger partial charge is 0.484 e. The van der Waals surface area contributed by atoms with Crippen LogP contribution in [-0.4, -0.2) is 30.1 Å². The lowest BCUT2D eigenvalue weighted by Gasteiger charge is -2.43. The van der Waals surface area contributed by atoms with Gasteiger partial charge in [0.15, 0.2) is 0 Å². The fourth-order valence-corrected chi connectivity index (χ4v) is 4.51. The Morgan fingerprint density at radius 2 is 2.00 bits per heavy atom. The molecular weight excluding hydrogens is 344 g/mol. The first-order valence-electron chi connectivity index (χ1n) is 9.62. The van der Waals surface area contributed by atoms with Crippen molar-refractivity contribution in [3.8, 4) is 5.75 Å². The summed E-state index contributed by atoms with van der Waals surface area (Å²) >= 11 is 6.19. The summed E-state index contributed by atoms with van der Waals surface area (Å²) in [6.45, 7) is 4.09. The molecule has 3 nitrogen and oxygen atoms in total. The highest BCUT2D eigenvalue weighted by atomic mass is 35.5. The number of fused-ring (bicyclic) bond motifs is 1. The van der Waals surface area contributed by atoms with Crippen LogP contribution in [0.2, 0.25) is 5.02 Å². The molecule has 2 unspecified atom stereocenters. The van der Waals surface area contributed by atoms with Crippen LogP contribution < -0.4 is 10.5 Å². The van der Waals surface area contributed by atoms with E-state index in [4.69, 9.17) is 22.1 Å². The highest BCUT2D eigenvalue weighted by Gasteiger charge is 2.36. The minimum absolute atomic E-state index is 0.0332. The number of nitrogens with zero attached hydrogens (tertiary/aromatic N) is 1. The van der Waals surface area contributed by atoms with Crippen molar-refractivity contribution >= 4 is 11.6 Å². The molecule has 1 aliphatic heterocycles. The predicted octanol–water partition coefficient (Wildman–Crippen LogP) is 4.51. The highest BCUT2D eigenvalue weighted by molar-refractivity contribution is 6.31. The minimum Gasteiger partial charge on any atom is -0.484 e. The third kappa shape index (κ3) is 3.62. The van der Waals surface area contributed by atoms with Crippen molar-refractivity contribution in [2.75, 3.05) is 13.1 Å². The van der Waals surface area contributed by atoms with Crippen LogP contribution in [0, 0.1) is 6.92 Å². The molecule has 3 atom stereocenters. The zero-order valence-corrected chi connectivity index (χ0v) is 16.1. The summed E-state index contributed by atoms with van der Waals surface area (Å²) in [6.07, 6.45) is 4.55. The molecule has 1 fully saturated rings. The Morgan fingerprint density at radius 3 is 2.81 bits per heavy atom. The topological polar surface area (TPSA) is 38.5 Å². The van der Waals surface area contributed by atoms with Crippen molar-refractivity contribution < 1.29 is 4.74 Å². The van der Waals surface area contributed by atoms with E-state index in [1.807, 2.05) is 25.1 Å². The van der Waals surface area contributed by atoms with Crippen LogP contribution >= 0.6 is 11.6 Å². The van der Waals surface area contributed by atoms with Gasteiger partial charge in [0.1, 0.15) is 11.9 Å². The van der Waals surface area contributed by atoms with E-state index in [1.165, 1.54) is 17.5 Å². The number of likely N-dealkylation sites (tertiary alicyclic amines) is 1. The predicted molar refractivity (Wildman–Crippen MR) is 107 cm³/mol. The number of halogens is 1. The number of piperidine rings is 1. The maximum atomic E-state index is 6.58. The molecule has 0 amide bonds. The molecule has 0 bridgehead atoms. The molecule has 4 heteroatoms. The fraction of sp³-hybridized carbons (Fsp3) is 0.455. The lowest BCUT2D eigenvalue weighted by atomic mass is 9.84. The number of benzene rings is 2. The number of nitrogens with two attached hydrogens (primary N) is 1. The Labute approximate surface area is 161 Å². The van der Waals surface area contributed by atoms with E-state index in [1.54, 1.807) is 0 Å². The number of rotatable bonds is 3. The lowest BCUT2D eigenvalue weighted by molar-refractivity contribution is 0.0367. The molecule has 2 N–H and O–H groups in total. The zero-order chi connectivity index (χ0) is 18.1. The van der Waals surface area contributed by atoms with Gasteiger partial charge in [0.2, 0.25) is 0 Å². The first-order chi connectivity index (χ1) is 12.6. The summed E-state index contributed by atoms with van der Waals surface area (Å²) in [5.41, 5.74) is 10.0. The number of hydrogen-bond donors (Lipinski definition) is 1. The Balaban J connectivity index is 1.66. The molecule has 2 aromatic carbocycles. The van der Waals surface area contributed by atoms with Crippen LogP contribution in [0.3, 0.4) is 0 Å². The third-order valence-corrected chi connectivity index (χ3v) is 6.20. The Hall–Kier alpha value is -1.55. The van der Waals surface area contributed by atoms with Gasteiger partial charge in [-0.05, 0) is 74.0 Å². The van der Waals surface area contributed by atoms with Gasteiger partial charge >= 0.3 is 0 Å². The molecule has 1 heterocycles. The van der Waals surface area contributed by atoms with Crippen molar-refractivity contribution in [2.24, 2.45) is 5.73 Å². The van der Waals surface area contributed by atoms with E-state index < -0.39 is 0 Å². The van der Waals surface area contributed by atoms with Gasteiger partial charge in [0.05, 0.1) is 6.04 Å². The smallest absolute Gasteiger partial charge is 0.139 e. The molecule has 26 heavy (non-hydrogen) atoms. The molecule has 0 saturated carbocycles. The molecular formula is C22H27ClN2O. The van der Waals surface area contributed by atoms with Crippen molar-refractivity contribution in [1.29, 1.82) is 0 Å². The van der Waals surface area contributed by atoms with Gasteiger partial charge in [-0.15, -0.1) is 0 Å². The van der Waals surface area contributed by atoms with Gasteiger partial charge in [-0.1, -0.05) is 35.9 Å². The third-order valence-electron chi connectivity index (χ3n) is 5.77. The van der Waals surface area contributed by atoms with E-state index in [2.05, 4.69) is 29.2 Å². The van der Waals surface area contributed by atoms with E-state index >= 15 is 0 Å². The first kappa shape index (κ1) is 17.8. The fourth-order valence-electron chi connectivity index (χ4n) is 4.40. The van der Waals surface area contributed by atoms with E-state index in [0.29, 0.717) is 6.04 Å². The van der Waals surface area contributed by atoms with Crippen molar-refractivity contribution in [2.45, 2.75) is 50.8 Å². The number of aryl methyl sites for hydroxylation is 2. The van der Waals surface area contributed by atoms with E-state index in [-0.39, 0.29) is 12.1 Å². The lowest BCUT2D eigenvalue weighted by Crippen LogP contribution is -2.51. The Kier molecular flexibility index (Phi) is 5.21. The zero-order valence-electron chi connectivity index (χ0n) is 15.3. The maximum Gasteiger partial charge on any atom is 0.139 e. The summed E-state index contributed by atoms with van der Waals surface area (Å²) in [5.74, 6) is 0.889. The molecule has 4 rings (SSSR count). The Bertz CT molecular complexity index is 778. The summed E-state index contributed by atoms with van der Waals surface area (Å²) in [7, 11) is 0. The molecule has 138 valence electrons. The highest BCUT2D eigenvalue weighted by Crippen LogP contribution is 2.38. The van der Waals surface area contributed by atoms with Gasteiger partial charge in [-0.25, -0.2) is 0 Å². The van der Waals surface area contributed by atoms with Crippen LogP contribution in [0.5, 0.6) is 5.75 Å². The second-order valence-corrected chi connectivity index (χ2v) is 8.06. The first-order valence-corrected chi connectivity index (χ1v) is 10.00. The van der Waals surface area contributed by atoms with Crippen molar-refractivity contribution in [1.82, 2.24) is 4.90 Å². The molecule has 0 spiro atoms. The number of ether oxygens (including phenoxy) is 1. The molecule has 0 aromatic heterocycles. The van der Waals surface area contributed by atoms with Gasteiger partial charge in [-0.3, -0.25) is 4.90 Å². The van der Waals surface area contributed by atoms with Gasteiger partial charge in [-0.2, -0.15) is 0 Å². The second kappa shape index (κ2) is 7.59. The molecule has 0 radical (unpaired) electrons. The van der Waals surface area contributed by atoms with E-state index in [0.717, 1.165) is 48.7 Å². The SMILES string of the molecule is Cc1cc(OC2c3ccccc3CCC2N2CCC[C@@H](N)C2)ccc1Cl. The van der Waals surface area contributed by atoms with Gasteiger partial charge in [0, 0.05) is 17.6 Å². The standard InChI is InChI=1S/C22H27ClN2O/c1-15-13-18(9-10-20(15)23)26-22-19-7-3-2-5-16(19)8-11-21(22)25-12-4-6-17(24)14-25/h2-3,5,7,9-10,13,17,21-22H,4,6,8,11-12,14,24H2,1H3/t17-,21?,22?/m1/s1. The van der Waals surface area contributed by atoms with Crippen LogP contribution in [-0.2, 0) is 6.42 Å². The van der Waals surface area contributed by atoms with E-state index in [9.17, 15) is 0 Å². The Morgan fingerprint density at radius 1 is 1.15 bits per heavy atom. The average Bonchev–Trinajstić information content (AvgIpc) is 2.65. The maximum absolute atomic E-state index is 6.58.